The van der Waals surface area contributed by atoms with Crippen molar-refractivity contribution in [2.45, 2.75) is 46.0 Å². The number of carbonyl (C=O) groups excluding carboxylic acids is 1. The topological polar surface area (TPSA) is 26.3 Å². The molecule has 0 aromatic rings. The van der Waals surface area contributed by atoms with Crippen LogP contribution in [-0.2, 0) is 9.53 Å². The molecule has 0 aliphatic heterocycles. The largest absolute Gasteiger partial charge is 0.466 e. The van der Waals surface area contributed by atoms with E-state index in [1.54, 1.807) is 0 Å². The summed E-state index contributed by atoms with van der Waals surface area (Å²) in [5.41, 5.74) is 0. The second-order valence-electron chi connectivity index (χ2n) is 3.89. The predicted molar refractivity (Wildman–Crippen MR) is 52.4 cm³/mol. The number of rotatable bonds is 3. The quantitative estimate of drug-likeness (QED) is 0.630. The van der Waals surface area contributed by atoms with E-state index in [1.165, 1.54) is 19.3 Å². The van der Waals surface area contributed by atoms with E-state index in [-0.39, 0.29) is 11.9 Å². The van der Waals surface area contributed by atoms with Gasteiger partial charge >= 0.3 is 5.97 Å². The van der Waals surface area contributed by atoms with Crippen LogP contribution in [0.2, 0.25) is 0 Å². The van der Waals surface area contributed by atoms with E-state index < -0.39 is 0 Å². The molecule has 2 atom stereocenters. The lowest BCUT2D eigenvalue weighted by molar-refractivity contribution is -0.149. The van der Waals surface area contributed by atoms with Gasteiger partial charge in [0, 0.05) is 0 Å². The molecule has 1 unspecified atom stereocenters. The number of esters is 1. The van der Waals surface area contributed by atoms with Gasteiger partial charge in [-0.2, -0.15) is 0 Å². The van der Waals surface area contributed by atoms with Gasteiger partial charge in [0.1, 0.15) is 0 Å². The van der Waals surface area contributed by atoms with E-state index in [0.29, 0.717) is 6.61 Å². The van der Waals surface area contributed by atoms with Crippen molar-refractivity contribution in [3.63, 3.8) is 0 Å². The Morgan fingerprint density at radius 3 is 2.77 bits per heavy atom. The van der Waals surface area contributed by atoms with Gasteiger partial charge in [-0.05, 0) is 25.7 Å². The highest BCUT2D eigenvalue weighted by Gasteiger charge is 2.26. The number of hydrogen-bond acceptors (Lipinski definition) is 2. The SMILES string of the molecule is CCOC(=O)[C@H]1CCCC(CC)C1. The molecule has 2 nitrogen and oxygen atoms in total. The first-order valence-corrected chi connectivity index (χ1v) is 5.44. The minimum Gasteiger partial charge on any atom is -0.466 e. The van der Waals surface area contributed by atoms with Crippen LogP contribution in [0, 0.1) is 11.8 Å². The van der Waals surface area contributed by atoms with Gasteiger partial charge in [0.2, 0.25) is 0 Å². The summed E-state index contributed by atoms with van der Waals surface area (Å²) in [5.74, 6) is 0.974. The molecule has 76 valence electrons. The van der Waals surface area contributed by atoms with Crippen molar-refractivity contribution >= 4 is 5.97 Å². The number of ether oxygens (including phenoxy) is 1. The summed E-state index contributed by atoms with van der Waals surface area (Å²) in [6, 6.07) is 0. The van der Waals surface area contributed by atoms with Crippen molar-refractivity contribution in [3.8, 4) is 0 Å². The Labute approximate surface area is 80.7 Å². The highest BCUT2D eigenvalue weighted by Crippen LogP contribution is 2.31. The first kappa shape index (κ1) is 10.6. The molecular formula is C11H20O2. The summed E-state index contributed by atoms with van der Waals surface area (Å²) in [7, 11) is 0. The number of carbonyl (C=O) groups is 1. The molecule has 0 spiro atoms. The summed E-state index contributed by atoms with van der Waals surface area (Å²) in [6.07, 6.45) is 5.79. The van der Waals surface area contributed by atoms with Crippen LogP contribution in [0.15, 0.2) is 0 Å². The molecule has 2 heteroatoms. The maximum absolute atomic E-state index is 11.4. The van der Waals surface area contributed by atoms with E-state index in [0.717, 1.165) is 18.8 Å². The highest BCUT2D eigenvalue weighted by atomic mass is 16.5. The molecule has 0 aromatic heterocycles. The Morgan fingerprint density at radius 2 is 2.15 bits per heavy atom. The molecule has 0 radical (unpaired) electrons. The Morgan fingerprint density at radius 1 is 1.38 bits per heavy atom. The van der Waals surface area contributed by atoms with Gasteiger partial charge in [0.05, 0.1) is 12.5 Å². The fourth-order valence-corrected chi connectivity index (χ4v) is 2.14. The Bertz CT molecular complexity index is 165. The minimum absolute atomic E-state index is 0.0284. The lowest BCUT2D eigenvalue weighted by atomic mass is 9.80. The van der Waals surface area contributed by atoms with Crippen LogP contribution in [0.4, 0.5) is 0 Å². The first-order chi connectivity index (χ1) is 6.27. The van der Waals surface area contributed by atoms with Crippen molar-refractivity contribution in [1.29, 1.82) is 0 Å². The third kappa shape index (κ3) is 3.02. The second-order valence-corrected chi connectivity index (χ2v) is 3.89. The average Bonchev–Trinajstić information content (AvgIpc) is 2.18. The maximum atomic E-state index is 11.4. The Kier molecular flexibility index (Phi) is 4.26. The van der Waals surface area contributed by atoms with E-state index in [1.807, 2.05) is 6.92 Å². The molecule has 1 fully saturated rings. The lowest BCUT2D eigenvalue weighted by Gasteiger charge is -2.26. The highest BCUT2D eigenvalue weighted by molar-refractivity contribution is 5.72. The van der Waals surface area contributed by atoms with Crippen molar-refractivity contribution in [2.24, 2.45) is 11.8 Å². The average molecular weight is 184 g/mol. The third-order valence-corrected chi connectivity index (χ3v) is 2.98. The Balaban J connectivity index is 2.37. The Hall–Kier alpha value is -0.530. The van der Waals surface area contributed by atoms with Crippen LogP contribution in [0.1, 0.15) is 46.0 Å². The van der Waals surface area contributed by atoms with Gasteiger partial charge in [0.25, 0.3) is 0 Å². The van der Waals surface area contributed by atoms with Crippen molar-refractivity contribution in [1.82, 2.24) is 0 Å². The monoisotopic (exact) mass is 184 g/mol. The third-order valence-electron chi connectivity index (χ3n) is 2.98. The molecule has 0 N–H and O–H groups in total. The van der Waals surface area contributed by atoms with E-state index in [4.69, 9.17) is 4.74 Å². The summed E-state index contributed by atoms with van der Waals surface area (Å²) in [4.78, 5) is 11.4. The number of hydrogen-bond donors (Lipinski definition) is 0. The van der Waals surface area contributed by atoms with Crippen LogP contribution < -0.4 is 0 Å². The zero-order chi connectivity index (χ0) is 9.68. The van der Waals surface area contributed by atoms with E-state index in [9.17, 15) is 4.79 Å². The molecule has 0 amide bonds. The van der Waals surface area contributed by atoms with Crippen LogP contribution in [0.3, 0.4) is 0 Å². The first-order valence-electron chi connectivity index (χ1n) is 5.44. The molecule has 13 heavy (non-hydrogen) atoms. The molecule has 0 aromatic carbocycles. The van der Waals surface area contributed by atoms with Gasteiger partial charge < -0.3 is 4.74 Å². The summed E-state index contributed by atoms with van der Waals surface area (Å²) in [5, 5.41) is 0. The van der Waals surface area contributed by atoms with Crippen LogP contribution in [-0.4, -0.2) is 12.6 Å². The summed E-state index contributed by atoms with van der Waals surface area (Å²) >= 11 is 0. The van der Waals surface area contributed by atoms with Crippen molar-refractivity contribution in [2.75, 3.05) is 6.61 Å². The normalized spacial score (nSPS) is 28.5. The van der Waals surface area contributed by atoms with Crippen LogP contribution in [0.5, 0.6) is 0 Å². The molecule has 1 saturated carbocycles. The van der Waals surface area contributed by atoms with Gasteiger partial charge in [-0.15, -0.1) is 0 Å². The molecule has 1 rings (SSSR count). The molecule has 0 saturated heterocycles. The predicted octanol–water partition coefficient (Wildman–Crippen LogP) is 2.77. The fraction of sp³-hybridized carbons (Fsp3) is 0.909. The summed E-state index contributed by atoms with van der Waals surface area (Å²) < 4.78 is 5.04. The fourth-order valence-electron chi connectivity index (χ4n) is 2.14. The second kappa shape index (κ2) is 5.25. The summed E-state index contributed by atoms with van der Waals surface area (Å²) in [6.45, 7) is 4.60. The zero-order valence-electron chi connectivity index (χ0n) is 8.71. The molecule has 0 bridgehead atoms. The minimum atomic E-state index is 0.0284. The van der Waals surface area contributed by atoms with Crippen LogP contribution in [0.25, 0.3) is 0 Å². The van der Waals surface area contributed by atoms with Gasteiger partial charge in [0.15, 0.2) is 0 Å². The van der Waals surface area contributed by atoms with Crippen molar-refractivity contribution < 1.29 is 9.53 Å². The van der Waals surface area contributed by atoms with Crippen LogP contribution >= 0.6 is 0 Å². The van der Waals surface area contributed by atoms with E-state index >= 15 is 0 Å². The van der Waals surface area contributed by atoms with Gasteiger partial charge in [-0.25, -0.2) is 0 Å². The maximum Gasteiger partial charge on any atom is 0.308 e. The van der Waals surface area contributed by atoms with Gasteiger partial charge in [-0.1, -0.05) is 26.2 Å². The van der Waals surface area contributed by atoms with E-state index in [2.05, 4.69) is 6.92 Å². The smallest absolute Gasteiger partial charge is 0.308 e. The van der Waals surface area contributed by atoms with Crippen molar-refractivity contribution in [3.05, 3.63) is 0 Å². The lowest BCUT2D eigenvalue weighted by Crippen LogP contribution is -2.24. The zero-order valence-corrected chi connectivity index (χ0v) is 8.71. The molecule has 0 heterocycles. The molecule has 1 aliphatic carbocycles. The standard InChI is InChI=1S/C11H20O2/c1-3-9-6-5-7-10(8-9)11(12)13-4-2/h9-10H,3-8H2,1-2H3/t9?,10-/m0/s1. The molecular weight excluding hydrogens is 164 g/mol. The molecule has 1 aliphatic rings. The van der Waals surface area contributed by atoms with Gasteiger partial charge in [-0.3, -0.25) is 4.79 Å².